The SMILES string of the molecule is CC(C)(C)[Si](C)(C)Oc1cccc2c1OCCNC2. The lowest BCUT2D eigenvalue weighted by Crippen LogP contribution is -2.44. The van der Waals surface area contributed by atoms with Gasteiger partial charge < -0.3 is 14.5 Å². The van der Waals surface area contributed by atoms with Crippen molar-refractivity contribution in [2.45, 2.75) is 45.4 Å². The second-order valence-corrected chi connectivity index (χ2v) is 11.4. The zero-order chi connectivity index (χ0) is 14.1. The van der Waals surface area contributed by atoms with Gasteiger partial charge in [0.25, 0.3) is 8.32 Å². The Balaban J connectivity index is 2.31. The van der Waals surface area contributed by atoms with E-state index in [0.29, 0.717) is 6.61 Å². The fourth-order valence-electron chi connectivity index (χ4n) is 1.82. The van der Waals surface area contributed by atoms with Crippen LogP contribution >= 0.6 is 0 Å². The van der Waals surface area contributed by atoms with Crippen molar-refractivity contribution in [2.75, 3.05) is 13.2 Å². The van der Waals surface area contributed by atoms with Crippen LogP contribution in [0, 0.1) is 0 Å². The highest BCUT2D eigenvalue weighted by molar-refractivity contribution is 6.74. The summed E-state index contributed by atoms with van der Waals surface area (Å²) in [5.41, 5.74) is 1.19. The highest BCUT2D eigenvalue weighted by Crippen LogP contribution is 2.41. The zero-order valence-electron chi connectivity index (χ0n) is 12.7. The second kappa shape index (κ2) is 5.17. The summed E-state index contributed by atoms with van der Waals surface area (Å²) in [6, 6.07) is 6.19. The van der Waals surface area contributed by atoms with Gasteiger partial charge in [-0.15, -0.1) is 0 Å². The Morgan fingerprint density at radius 3 is 2.68 bits per heavy atom. The first-order chi connectivity index (χ1) is 8.81. The predicted octanol–water partition coefficient (Wildman–Crippen LogP) is 3.55. The number of rotatable bonds is 2. The Bertz CT molecular complexity index is 452. The summed E-state index contributed by atoms with van der Waals surface area (Å²) in [6.07, 6.45) is 0. The van der Waals surface area contributed by atoms with Crippen LogP contribution in [0.4, 0.5) is 0 Å². The van der Waals surface area contributed by atoms with Crippen LogP contribution in [0.15, 0.2) is 18.2 Å². The van der Waals surface area contributed by atoms with E-state index in [1.807, 2.05) is 6.07 Å². The molecule has 0 bridgehead atoms. The van der Waals surface area contributed by atoms with Crippen LogP contribution < -0.4 is 14.5 Å². The highest BCUT2D eigenvalue weighted by Gasteiger charge is 2.39. The molecular formula is C15H25NO2Si. The third-order valence-electron chi connectivity index (χ3n) is 4.07. The average molecular weight is 279 g/mol. The average Bonchev–Trinajstić information content (AvgIpc) is 2.52. The fraction of sp³-hybridized carbons (Fsp3) is 0.600. The Morgan fingerprint density at radius 1 is 1.26 bits per heavy atom. The molecule has 1 aliphatic heterocycles. The van der Waals surface area contributed by atoms with Gasteiger partial charge in [-0.25, -0.2) is 0 Å². The first-order valence-corrected chi connectivity index (χ1v) is 9.86. The molecule has 106 valence electrons. The van der Waals surface area contributed by atoms with Gasteiger partial charge in [-0.1, -0.05) is 32.9 Å². The van der Waals surface area contributed by atoms with Gasteiger partial charge in [0.05, 0.1) is 0 Å². The van der Waals surface area contributed by atoms with Gasteiger partial charge in [-0.05, 0) is 24.2 Å². The third kappa shape index (κ3) is 3.12. The van der Waals surface area contributed by atoms with E-state index in [1.54, 1.807) is 0 Å². The molecule has 0 radical (unpaired) electrons. The van der Waals surface area contributed by atoms with Crippen molar-refractivity contribution in [3.8, 4) is 11.5 Å². The van der Waals surface area contributed by atoms with E-state index in [9.17, 15) is 0 Å². The number of para-hydroxylation sites is 1. The van der Waals surface area contributed by atoms with Crippen LogP contribution in [0.2, 0.25) is 18.1 Å². The molecule has 1 heterocycles. The predicted molar refractivity (Wildman–Crippen MR) is 81.5 cm³/mol. The molecule has 2 rings (SSSR count). The lowest BCUT2D eigenvalue weighted by molar-refractivity contribution is 0.313. The number of ether oxygens (including phenoxy) is 1. The van der Waals surface area contributed by atoms with Crippen LogP contribution in [0.3, 0.4) is 0 Å². The monoisotopic (exact) mass is 279 g/mol. The summed E-state index contributed by atoms with van der Waals surface area (Å²) in [5, 5.41) is 3.55. The first kappa shape index (κ1) is 14.4. The van der Waals surface area contributed by atoms with Gasteiger partial charge in [0.2, 0.25) is 0 Å². The number of hydrogen-bond acceptors (Lipinski definition) is 3. The molecular weight excluding hydrogens is 254 g/mol. The Morgan fingerprint density at radius 2 is 2.00 bits per heavy atom. The molecule has 0 aliphatic carbocycles. The van der Waals surface area contributed by atoms with Crippen molar-refractivity contribution in [1.82, 2.24) is 5.32 Å². The standard InChI is InChI=1S/C15H25NO2Si/c1-15(2,3)19(4,5)18-13-8-6-7-12-11-16-9-10-17-14(12)13/h6-8,16H,9-11H2,1-5H3. The largest absolute Gasteiger partial charge is 0.541 e. The zero-order valence-corrected chi connectivity index (χ0v) is 13.7. The van der Waals surface area contributed by atoms with Crippen molar-refractivity contribution >= 4 is 8.32 Å². The molecule has 0 amide bonds. The number of fused-ring (bicyclic) bond motifs is 1. The molecule has 0 atom stereocenters. The van der Waals surface area contributed by atoms with Crippen LogP contribution in [0.5, 0.6) is 11.5 Å². The van der Waals surface area contributed by atoms with Crippen molar-refractivity contribution in [2.24, 2.45) is 0 Å². The quantitative estimate of drug-likeness (QED) is 0.840. The van der Waals surface area contributed by atoms with E-state index in [1.165, 1.54) is 5.56 Å². The van der Waals surface area contributed by atoms with Crippen LogP contribution in [0.25, 0.3) is 0 Å². The molecule has 0 unspecified atom stereocenters. The summed E-state index contributed by atoms with van der Waals surface area (Å²) in [7, 11) is -1.82. The van der Waals surface area contributed by atoms with Gasteiger partial charge >= 0.3 is 0 Å². The topological polar surface area (TPSA) is 30.5 Å². The third-order valence-corrected chi connectivity index (χ3v) is 8.42. The fourth-order valence-corrected chi connectivity index (χ4v) is 2.84. The summed E-state index contributed by atoms with van der Waals surface area (Å²) in [6.45, 7) is 13.7. The summed E-state index contributed by atoms with van der Waals surface area (Å²) in [5.74, 6) is 1.84. The second-order valence-electron chi connectivity index (χ2n) is 6.63. The Kier molecular flexibility index (Phi) is 3.92. The van der Waals surface area contributed by atoms with Crippen molar-refractivity contribution in [1.29, 1.82) is 0 Å². The highest BCUT2D eigenvalue weighted by atomic mass is 28.4. The maximum atomic E-state index is 6.41. The normalized spacial score (nSPS) is 16.3. The van der Waals surface area contributed by atoms with Gasteiger partial charge in [0, 0.05) is 18.7 Å². The molecule has 19 heavy (non-hydrogen) atoms. The maximum Gasteiger partial charge on any atom is 0.250 e. The smallest absolute Gasteiger partial charge is 0.250 e. The summed E-state index contributed by atoms with van der Waals surface area (Å²) in [4.78, 5) is 0. The molecule has 0 saturated heterocycles. The van der Waals surface area contributed by atoms with Crippen molar-refractivity contribution in [3.63, 3.8) is 0 Å². The maximum absolute atomic E-state index is 6.41. The van der Waals surface area contributed by atoms with Gasteiger partial charge in [-0.2, -0.15) is 0 Å². The van der Waals surface area contributed by atoms with E-state index >= 15 is 0 Å². The molecule has 1 aromatic rings. The van der Waals surface area contributed by atoms with Gasteiger partial charge in [-0.3, -0.25) is 0 Å². The van der Waals surface area contributed by atoms with Gasteiger partial charge in [0.1, 0.15) is 12.4 Å². The van der Waals surface area contributed by atoms with Gasteiger partial charge in [0.15, 0.2) is 5.75 Å². The number of hydrogen-bond donors (Lipinski definition) is 1. The molecule has 4 heteroatoms. The number of nitrogens with one attached hydrogen (secondary N) is 1. The van der Waals surface area contributed by atoms with E-state index in [4.69, 9.17) is 9.16 Å². The minimum Gasteiger partial charge on any atom is -0.541 e. The summed E-state index contributed by atoms with van der Waals surface area (Å²) < 4.78 is 12.3. The molecule has 0 saturated carbocycles. The van der Waals surface area contributed by atoms with Crippen molar-refractivity contribution in [3.05, 3.63) is 23.8 Å². The Hall–Kier alpha value is -1.00. The van der Waals surface area contributed by atoms with Crippen LogP contribution in [-0.2, 0) is 6.54 Å². The minimum absolute atomic E-state index is 0.193. The van der Waals surface area contributed by atoms with E-state index in [2.05, 4.69) is 51.3 Å². The molecule has 1 aliphatic rings. The lowest BCUT2D eigenvalue weighted by atomic mass is 10.2. The van der Waals surface area contributed by atoms with E-state index in [-0.39, 0.29) is 5.04 Å². The molecule has 1 N–H and O–H groups in total. The van der Waals surface area contributed by atoms with E-state index in [0.717, 1.165) is 24.6 Å². The van der Waals surface area contributed by atoms with E-state index < -0.39 is 8.32 Å². The first-order valence-electron chi connectivity index (χ1n) is 6.96. The molecule has 3 nitrogen and oxygen atoms in total. The molecule has 0 spiro atoms. The van der Waals surface area contributed by atoms with Crippen molar-refractivity contribution < 1.29 is 9.16 Å². The molecule has 1 aromatic carbocycles. The molecule has 0 fully saturated rings. The minimum atomic E-state index is -1.82. The summed E-state index contributed by atoms with van der Waals surface area (Å²) >= 11 is 0. The molecule has 0 aromatic heterocycles. The Labute approximate surface area is 117 Å². The van der Waals surface area contributed by atoms with Crippen LogP contribution in [-0.4, -0.2) is 21.5 Å². The number of benzene rings is 1. The van der Waals surface area contributed by atoms with Crippen LogP contribution in [0.1, 0.15) is 26.3 Å². The lowest BCUT2D eigenvalue weighted by Gasteiger charge is -2.37.